The van der Waals surface area contributed by atoms with Crippen molar-refractivity contribution in [2.24, 2.45) is 0 Å². The van der Waals surface area contributed by atoms with Gasteiger partial charge in [-0.1, -0.05) is 30.3 Å². The Labute approximate surface area is 94.3 Å². The van der Waals surface area contributed by atoms with Gasteiger partial charge in [0.2, 0.25) is 0 Å². The monoisotopic (exact) mass is 209 g/mol. The van der Waals surface area contributed by atoms with E-state index in [1.165, 1.54) is 0 Å². The first-order valence-corrected chi connectivity index (χ1v) is 4.96. The number of nitrogens with zero attached hydrogens (tertiary/aromatic N) is 1. The van der Waals surface area contributed by atoms with Gasteiger partial charge >= 0.3 is 0 Å². The Morgan fingerprint density at radius 2 is 1.50 bits per heavy atom. The van der Waals surface area contributed by atoms with Crippen LogP contribution in [0.25, 0.3) is 0 Å². The summed E-state index contributed by atoms with van der Waals surface area (Å²) >= 11 is 0. The number of anilines is 2. The normalized spacial score (nSPS) is 9.19. The number of para-hydroxylation sites is 2. The van der Waals surface area contributed by atoms with Gasteiger partial charge in [-0.05, 0) is 24.3 Å². The van der Waals surface area contributed by atoms with Crippen LogP contribution in [0, 0.1) is 11.3 Å². The summed E-state index contributed by atoms with van der Waals surface area (Å²) < 4.78 is 0. The van der Waals surface area contributed by atoms with Crippen LogP contribution < -0.4 is 10.9 Å². The topological polar surface area (TPSA) is 47.9 Å². The Balaban J connectivity index is 2.09. The second-order valence-corrected chi connectivity index (χ2v) is 3.27. The van der Waals surface area contributed by atoms with E-state index in [1.807, 2.05) is 48.5 Å². The molecule has 2 rings (SSSR count). The van der Waals surface area contributed by atoms with Crippen molar-refractivity contribution in [1.29, 1.82) is 5.26 Å². The molecule has 78 valence electrons. The van der Waals surface area contributed by atoms with Crippen LogP contribution in [0.1, 0.15) is 5.56 Å². The highest BCUT2D eigenvalue weighted by molar-refractivity contribution is 5.60. The van der Waals surface area contributed by atoms with Gasteiger partial charge in [0, 0.05) is 0 Å². The van der Waals surface area contributed by atoms with Gasteiger partial charge in [0.1, 0.15) is 6.07 Å². The maximum Gasteiger partial charge on any atom is 0.101 e. The lowest BCUT2D eigenvalue weighted by Crippen LogP contribution is -2.09. The first kappa shape index (κ1) is 10.1. The molecule has 0 unspecified atom stereocenters. The Bertz CT molecular complexity index is 500. The molecule has 2 aromatic rings. The van der Waals surface area contributed by atoms with Crippen molar-refractivity contribution in [3.8, 4) is 6.07 Å². The molecule has 3 heteroatoms. The molecule has 2 N–H and O–H groups in total. The van der Waals surface area contributed by atoms with Crippen LogP contribution in [0.15, 0.2) is 54.6 Å². The molecular weight excluding hydrogens is 198 g/mol. The summed E-state index contributed by atoms with van der Waals surface area (Å²) in [6.07, 6.45) is 0. The fraction of sp³-hybridized carbons (Fsp3) is 0. The summed E-state index contributed by atoms with van der Waals surface area (Å²) in [6, 6.07) is 19.2. The predicted molar refractivity (Wildman–Crippen MR) is 64.8 cm³/mol. The minimum atomic E-state index is 0.617. The third-order valence-corrected chi connectivity index (χ3v) is 2.16. The van der Waals surface area contributed by atoms with Crippen LogP contribution in [0.4, 0.5) is 11.4 Å². The highest BCUT2D eigenvalue weighted by Crippen LogP contribution is 2.14. The fourth-order valence-electron chi connectivity index (χ4n) is 1.35. The lowest BCUT2D eigenvalue weighted by Gasteiger charge is -2.10. The van der Waals surface area contributed by atoms with Crippen molar-refractivity contribution in [1.82, 2.24) is 0 Å². The average molecular weight is 209 g/mol. The van der Waals surface area contributed by atoms with Crippen LogP contribution in [0.5, 0.6) is 0 Å². The van der Waals surface area contributed by atoms with Gasteiger partial charge in [0.15, 0.2) is 0 Å². The summed E-state index contributed by atoms with van der Waals surface area (Å²) in [4.78, 5) is 0. The molecule has 0 fully saturated rings. The lowest BCUT2D eigenvalue weighted by atomic mass is 10.2. The number of benzene rings is 2. The van der Waals surface area contributed by atoms with Crippen LogP contribution in [0.2, 0.25) is 0 Å². The van der Waals surface area contributed by atoms with E-state index < -0.39 is 0 Å². The minimum Gasteiger partial charge on any atom is -0.301 e. The predicted octanol–water partition coefficient (Wildman–Crippen LogP) is 3.00. The van der Waals surface area contributed by atoms with Gasteiger partial charge in [-0.15, -0.1) is 0 Å². The molecule has 16 heavy (non-hydrogen) atoms. The second-order valence-electron chi connectivity index (χ2n) is 3.27. The van der Waals surface area contributed by atoms with Gasteiger partial charge < -0.3 is 5.43 Å². The Morgan fingerprint density at radius 1 is 0.812 bits per heavy atom. The summed E-state index contributed by atoms with van der Waals surface area (Å²) in [6.45, 7) is 0. The fourth-order valence-corrected chi connectivity index (χ4v) is 1.35. The number of hydrogen-bond acceptors (Lipinski definition) is 3. The number of hydrogen-bond donors (Lipinski definition) is 2. The van der Waals surface area contributed by atoms with Crippen LogP contribution in [-0.2, 0) is 0 Å². The zero-order chi connectivity index (χ0) is 11.2. The van der Waals surface area contributed by atoms with E-state index in [1.54, 1.807) is 6.07 Å². The molecule has 3 nitrogen and oxygen atoms in total. The minimum absolute atomic E-state index is 0.617. The maximum absolute atomic E-state index is 8.90. The molecule has 0 saturated heterocycles. The van der Waals surface area contributed by atoms with Crippen molar-refractivity contribution in [2.75, 3.05) is 10.9 Å². The van der Waals surface area contributed by atoms with Crippen LogP contribution >= 0.6 is 0 Å². The van der Waals surface area contributed by atoms with E-state index in [2.05, 4.69) is 16.9 Å². The van der Waals surface area contributed by atoms with Gasteiger partial charge in [0.05, 0.1) is 16.9 Å². The molecular formula is C13H11N3. The number of nitriles is 1. The van der Waals surface area contributed by atoms with Crippen molar-refractivity contribution >= 4 is 11.4 Å². The first-order chi connectivity index (χ1) is 7.90. The Kier molecular flexibility index (Phi) is 3.05. The highest BCUT2D eigenvalue weighted by atomic mass is 15.4. The largest absolute Gasteiger partial charge is 0.301 e. The first-order valence-electron chi connectivity index (χ1n) is 4.96. The summed E-state index contributed by atoms with van der Waals surface area (Å²) in [5, 5.41) is 8.90. The Hall–Kier alpha value is -2.47. The van der Waals surface area contributed by atoms with Crippen molar-refractivity contribution < 1.29 is 0 Å². The smallest absolute Gasteiger partial charge is 0.101 e. The van der Waals surface area contributed by atoms with Gasteiger partial charge in [-0.3, -0.25) is 5.43 Å². The van der Waals surface area contributed by atoms with E-state index in [4.69, 9.17) is 5.26 Å². The third-order valence-electron chi connectivity index (χ3n) is 2.16. The van der Waals surface area contributed by atoms with E-state index in [9.17, 15) is 0 Å². The quantitative estimate of drug-likeness (QED) is 0.764. The highest BCUT2D eigenvalue weighted by Gasteiger charge is 1.98. The summed E-state index contributed by atoms with van der Waals surface area (Å²) in [7, 11) is 0. The standard InChI is InChI=1S/C13H11N3/c14-10-11-6-4-5-9-13(11)16-15-12-7-2-1-3-8-12/h1-9,15-16H. The summed E-state index contributed by atoms with van der Waals surface area (Å²) in [5.74, 6) is 0. The van der Waals surface area contributed by atoms with Crippen LogP contribution in [0.3, 0.4) is 0 Å². The summed E-state index contributed by atoms with van der Waals surface area (Å²) in [5.41, 5.74) is 8.39. The second kappa shape index (κ2) is 4.85. The molecule has 0 amide bonds. The molecule has 0 aliphatic rings. The number of hydrazine groups is 1. The van der Waals surface area contributed by atoms with Gasteiger partial charge in [-0.25, -0.2) is 0 Å². The van der Waals surface area contributed by atoms with E-state index in [0.29, 0.717) is 5.56 Å². The molecule has 0 atom stereocenters. The third kappa shape index (κ3) is 2.31. The van der Waals surface area contributed by atoms with Crippen molar-refractivity contribution in [3.63, 3.8) is 0 Å². The van der Waals surface area contributed by atoms with E-state index in [-0.39, 0.29) is 0 Å². The molecule has 0 heterocycles. The van der Waals surface area contributed by atoms with Gasteiger partial charge in [-0.2, -0.15) is 5.26 Å². The van der Waals surface area contributed by atoms with Gasteiger partial charge in [0.25, 0.3) is 0 Å². The zero-order valence-corrected chi connectivity index (χ0v) is 8.64. The van der Waals surface area contributed by atoms with E-state index in [0.717, 1.165) is 11.4 Å². The number of rotatable bonds is 3. The molecule has 0 aliphatic carbocycles. The lowest BCUT2D eigenvalue weighted by molar-refractivity contribution is 1.39. The molecule has 0 aromatic heterocycles. The molecule has 0 radical (unpaired) electrons. The maximum atomic E-state index is 8.90. The molecule has 0 saturated carbocycles. The molecule has 0 bridgehead atoms. The number of nitrogens with one attached hydrogen (secondary N) is 2. The molecule has 0 spiro atoms. The van der Waals surface area contributed by atoms with E-state index >= 15 is 0 Å². The van der Waals surface area contributed by atoms with Crippen molar-refractivity contribution in [2.45, 2.75) is 0 Å². The van der Waals surface area contributed by atoms with Crippen molar-refractivity contribution in [3.05, 3.63) is 60.2 Å². The zero-order valence-electron chi connectivity index (χ0n) is 8.64. The van der Waals surface area contributed by atoms with Crippen LogP contribution in [-0.4, -0.2) is 0 Å². The molecule has 2 aromatic carbocycles. The average Bonchev–Trinajstić information content (AvgIpc) is 2.38. The Morgan fingerprint density at radius 3 is 2.25 bits per heavy atom. The SMILES string of the molecule is N#Cc1ccccc1NNc1ccccc1. The molecule has 0 aliphatic heterocycles.